The highest BCUT2D eigenvalue weighted by atomic mass is 16.5. The fraction of sp³-hybridized carbons (Fsp3) is 0.478. The van der Waals surface area contributed by atoms with Gasteiger partial charge in [0.15, 0.2) is 0 Å². The minimum Gasteiger partial charge on any atom is -0.496 e. The SMILES string of the molecule is CC.CCc1ccc2c(c1)CCCc1cc(OC)c(CC)c(C)c1-2. The summed E-state index contributed by atoms with van der Waals surface area (Å²) in [7, 11) is 1.79. The molecule has 0 amide bonds. The first kappa shape index (κ1) is 18.6. The Morgan fingerprint density at radius 2 is 1.67 bits per heavy atom. The molecule has 0 aromatic heterocycles. The van der Waals surface area contributed by atoms with Gasteiger partial charge in [-0.3, -0.25) is 0 Å². The second-order valence-corrected chi connectivity index (χ2v) is 6.27. The van der Waals surface area contributed by atoms with Crippen LogP contribution < -0.4 is 4.74 Å². The zero-order chi connectivity index (χ0) is 17.7. The summed E-state index contributed by atoms with van der Waals surface area (Å²) in [5.74, 6) is 1.06. The summed E-state index contributed by atoms with van der Waals surface area (Å²) in [4.78, 5) is 0. The molecule has 24 heavy (non-hydrogen) atoms. The van der Waals surface area contributed by atoms with Gasteiger partial charge in [0.05, 0.1) is 7.11 Å². The second kappa shape index (κ2) is 8.37. The molecule has 0 saturated carbocycles. The van der Waals surface area contributed by atoms with Crippen molar-refractivity contribution >= 4 is 0 Å². The van der Waals surface area contributed by atoms with Crippen LogP contribution in [0.1, 0.15) is 61.9 Å². The summed E-state index contributed by atoms with van der Waals surface area (Å²) < 4.78 is 5.65. The van der Waals surface area contributed by atoms with Crippen molar-refractivity contribution in [2.45, 2.75) is 66.7 Å². The van der Waals surface area contributed by atoms with Gasteiger partial charge >= 0.3 is 0 Å². The van der Waals surface area contributed by atoms with Crippen molar-refractivity contribution in [3.05, 3.63) is 52.1 Å². The van der Waals surface area contributed by atoms with E-state index in [-0.39, 0.29) is 0 Å². The lowest BCUT2D eigenvalue weighted by molar-refractivity contribution is 0.409. The molecular formula is C23H32O. The molecule has 0 saturated heterocycles. The number of hydrogen-bond acceptors (Lipinski definition) is 1. The minimum atomic E-state index is 1.02. The van der Waals surface area contributed by atoms with Gasteiger partial charge in [-0.25, -0.2) is 0 Å². The Kier molecular flexibility index (Phi) is 6.48. The third-order valence-electron chi connectivity index (χ3n) is 5.06. The van der Waals surface area contributed by atoms with Crippen molar-refractivity contribution in [1.29, 1.82) is 0 Å². The number of methoxy groups -OCH3 is 1. The van der Waals surface area contributed by atoms with Crippen LogP contribution in [0, 0.1) is 6.92 Å². The largest absolute Gasteiger partial charge is 0.496 e. The molecule has 0 bridgehead atoms. The Balaban J connectivity index is 0.00000100. The molecule has 130 valence electrons. The average molecular weight is 325 g/mol. The molecule has 0 spiro atoms. The van der Waals surface area contributed by atoms with Crippen molar-refractivity contribution in [3.8, 4) is 16.9 Å². The maximum absolute atomic E-state index is 5.65. The minimum absolute atomic E-state index is 1.02. The number of hydrogen-bond donors (Lipinski definition) is 0. The van der Waals surface area contributed by atoms with E-state index in [1.54, 1.807) is 7.11 Å². The van der Waals surface area contributed by atoms with Gasteiger partial charge in [-0.15, -0.1) is 0 Å². The second-order valence-electron chi connectivity index (χ2n) is 6.27. The third-order valence-corrected chi connectivity index (χ3v) is 5.06. The summed E-state index contributed by atoms with van der Waals surface area (Å²) in [5, 5.41) is 0. The standard InChI is InChI=1S/C21H26O.C2H6/c1-5-15-10-11-19-16(12-15)8-7-9-17-13-20(22-4)18(6-2)14(3)21(17)19;1-2/h10-13H,5-9H2,1-4H3;1-2H3. The van der Waals surface area contributed by atoms with Crippen LogP contribution >= 0.6 is 0 Å². The predicted octanol–water partition coefficient (Wildman–Crippen LogP) is 6.31. The van der Waals surface area contributed by atoms with Crippen LogP contribution in [0.4, 0.5) is 0 Å². The number of rotatable bonds is 3. The van der Waals surface area contributed by atoms with E-state index >= 15 is 0 Å². The summed E-state index contributed by atoms with van der Waals surface area (Å²) in [6.45, 7) is 10.7. The van der Waals surface area contributed by atoms with Crippen molar-refractivity contribution in [2.75, 3.05) is 7.11 Å². The molecule has 0 fully saturated rings. The summed E-state index contributed by atoms with van der Waals surface area (Å²) >= 11 is 0. The van der Waals surface area contributed by atoms with E-state index in [9.17, 15) is 0 Å². The van der Waals surface area contributed by atoms with E-state index < -0.39 is 0 Å². The van der Waals surface area contributed by atoms with E-state index in [0.717, 1.165) is 25.0 Å². The van der Waals surface area contributed by atoms with E-state index in [1.165, 1.54) is 51.8 Å². The summed E-state index contributed by atoms with van der Waals surface area (Å²) in [5.41, 5.74) is 10.1. The fourth-order valence-electron chi connectivity index (χ4n) is 3.87. The van der Waals surface area contributed by atoms with Crippen LogP contribution in [0.25, 0.3) is 11.1 Å². The lowest BCUT2D eigenvalue weighted by atomic mass is 9.88. The molecule has 2 aromatic rings. The Morgan fingerprint density at radius 1 is 0.958 bits per heavy atom. The van der Waals surface area contributed by atoms with Crippen molar-refractivity contribution < 1.29 is 4.74 Å². The Morgan fingerprint density at radius 3 is 2.29 bits per heavy atom. The molecule has 0 aliphatic heterocycles. The topological polar surface area (TPSA) is 9.23 Å². The van der Waals surface area contributed by atoms with Crippen LogP contribution in [-0.4, -0.2) is 7.11 Å². The van der Waals surface area contributed by atoms with Gasteiger partial charge < -0.3 is 4.74 Å². The van der Waals surface area contributed by atoms with Crippen LogP contribution in [0.3, 0.4) is 0 Å². The molecule has 1 aliphatic rings. The Hall–Kier alpha value is -1.76. The van der Waals surface area contributed by atoms with Crippen molar-refractivity contribution in [2.24, 2.45) is 0 Å². The predicted molar refractivity (Wildman–Crippen MR) is 105 cm³/mol. The van der Waals surface area contributed by atoms with Crippen molar-refractivity contribution in [1.82, 2.24) is 0 Å². The highest BCUT2D eigenvalue weighted by Gasteiger charge is 2.20. The summed E-state index contributed by atoms with van der Waals surface area (Å²) in [6.07, 6.45) is 5.68. The number of benzene rings is 2. The Labute approximate surface area is 148 Å². The fourth-order valence-corrected chi connectivity index (χ4v) is 3.87. The maximum atomic E-state index is 5.65. The average Bonchev–Trinajstić information content (AvgIpc) is 2.81. The van der Waals surface area contributed by atoms with Crippen LogP contribution in [0.2, 0.25) is 0 Å². The first-order valence-electron chi connectivity index (χ1n) is 9.51. The molecule has 1 heteroatoms. The van der Waals surface area contributed by atoms with Gasteiger partial charge in [0.1, 0.15) is 5.75 Å². The molecule has 0 radical (unpaired) electrons. The molecular weight excluding hydrogens is 292 g/mol. The van der Waals surface area contributed by atoms with Crippen LogP contribution in [0.15, 0.2) is 24.3 Å². The lowest BCUT2D eigenvalue weighted by Gasteiger charge is -2.19. The van der Waals surface area contributed by atoms with Gasteiger partial charge in [-0.2, -0.15) is 0 Å². The van der Waals surface area contributed by atoms with E-state index in [1.807, 2.05) is 13.8 Å². The smallest absolute Gasteiger partial charge is 0.122 e. The van der Waals surface area contributed by atoms with Gasteiger partial charge in [0.2, 0.25) is 0 Å². The molecule has 1 nitrogen and oxygen atoms in total. The molecule has 2 aromatic carbocycles. The highest BCUT2D eigenvalue weighted by Crippen LogP contribution is 2.40. The van der Waals surface area contributed by atoms with Crippen LogP contribution in [0.5, 0.6) is 5.75 Å². The Bertz CT molecular complexity index is 698. The third kappa shape index (κ3) is 3.36. The molecule has 0 atom stereocenters. The normalized spacial score (nSPS) is 12.4. The van der Waals surface area contributed by atoms with Crippen molar-refractivity contribution in [3.63, 3.8) is 0 Å². The molecule has 1 aliphatic carbocycles. The molecule has 0 N–H and O–H groups in total. The first-order valence-corrected chi connectivity index (χ1v) is 9.51. The van der Waals surface area contributed by atoms with E-state index in [0.29, 0.717) is 0 Å². The van der Waals surface area contributed by atoms with Gasteiger partial charge in [0.25, 0.3) is 0 Å². The van der Waals surface area contributed by atoms with Gasteiger partial charge in [-0.1, -0.05) is 45.9 Å². The van der Waals surface area contributed by atoms with Crippen LogP contribution in [-0.2, 0) is 25.7 Å². The number of fused-ring (bicyclic) bond motifs is 3. The molecule has 0 unspecified atom stereocenters. The molecule has 3 rings (SSSR count). The number of aryl methyl sites for hydroxylation is 3. The van der Waals surface area contributed by atoms with Gasteiger partial charge in [-0.05, 0) is 84.0 Å². The maximum Gasteiger partial charge on any atom is 0.122 e. The highest BCUT2D eigenvalue weighted by molar-refractivity contribution is 5.77. The zero-order valence-corrected chi connectivity index (χ0v) is 16.3. The quantitative estimate of drug-likeness (QED) is 0.643. The zero-order valence-electron chi connectivity index (χ0n) is 16.3. The van der Waals surface area contributed by atoms with E-state index in [4.69, 9.17) is 4.74 Å². The monoisotopic (exact) mass is 324 g/mol. The first-order chi connectivity index (χ1) is 11.7. The van der Waals surface area contributed by atoms with E-state index in [2.05, 4.69) is 45.0 Å². The summed E-state index contributed by atoms with van der Waals surface area (Å²) in [6, 6.07) is 9.34. The number of ether oxygens (including phenoxy) is 1. The lowest BCUT2D eigenvalue weighted by Crippen LogP contribution is -2.01. The molecule has 0 heterocycles. The van der Waals surface area contributed by atoms with Gasteiger partial charge in [0, 0.05) is 0 Å².